The molecule has 0 aliphatic heterocycles. The number of carbonyl (C=O) groups excluding carboxylic acids is 1. The van der Waals surface area contributed by atoms with Crippen molar-refractivity contribution in [1.29, 1.82) is 0 Å². The van der Waals surface area contributed by atoms with Gasteiger partial charge in [-0.3, -0.25) is 14.9 Å². The number of halogens is 1. The number of hydrogen-bond acceptors (Lipinski definition) is 5. The van der Waals surface area contributed by atoms with E-state index >= 15 is 0 Å². The highest BCUT2D eigenvalue weighted by molar-refractivity contribution is 6.32. The van der Waals surface area contributed by atoms with Crippen LogP contribution in [-0.2, 0) is 4.79 Å². The lowest BCUT2D eigenvalue weighted by Gasteiger charge is -2.08. The van der Waals surface area contributed by atoms with Crippen molar-refractivity contribution in [2.24, 2.45) is 0 Å². The molecule has 0 unspecified atom stereocenters. The van der Waals surface area contributed by atoms with Gasteiger partial charge in [-0.15, -0.1) is 0 Å². The van der Waals surface area contributed by atoms with Crippen molar-refractivity contribution >= 4 is 28.9 Å². The lowest BCUT2D eigenvalue weighted by molar-refractivity contribution is -0.384. The third-order valence-corrected chi connectivity index (χ3v) is 2.73. The molecule has 0 aliphatic rings. The lowest BCUT2D eigenvalue weighted by atomic mass is 10.3. The van der Waals surface area contributed by atoms with Crippen LogP contribution >= 0.6 is 11.6 Å². The number of anilines is 1. The molecular formula is C13H10ClN3O4. The maximum Gasteiger partial charge on any atom is 0.273 e. The highest BCUT2D eigenvalue weighted by Gasteiger charge is 2.09. The maximum atomic E-state index is 11.7. The number of nitro benzene ring substituents is 1. The number of amides is 1. The fourth-order valence-corrected chi connectivity index (χ4v) is 1.67. The van der Waals surface area contributed by atoms with E-state index in [1.165, 1.54) is 30.5 Å². The molecule has 0 radical (unpaired) electrons. The van der Waals surface area contributed by atoms with E-state index in [1.807, 2.05) is 0 Å². The zero-order valence-corrected chi connectivity index (χ0v) is 11.4. The number of rotatable bonds is 5. The topological polar surface area (TPSA) is 94.4 Å². The van der Waals surface area contributed by atoms with Crippen molar-refractivity contribution in [2.75, 3.05) is 11.9 Å². The summed E-state index contributed by atoms with van der Waals surface area (Å²) in [4.78, 5) is 25.6. The number of carbonyl (C=O) groups is 1. The second-order valence-corrected chi connectivity index (χ2v) is 4.29. The number of hydrogen-bond donors (Lipinski definition) is 1. The van der Waals surface area contributed by atoms with Crippen LogP contribution in [0.4, 0.5) is 11.4 Å². The molecule has 0 atom stereocenters. The summed E-state index contributed by atoms with van der Waals surface area (Å²) in [5.74, 6) is -0.215. The minimum Gasteiger partial charge on any atom is -0.484 e. The Balaban J connectivity index is 1.94. The highest BCUT2D eigenvalue weighted by atomic mass is 35.5. The summed E-state index contributed by atoms with van der Waals surface area (Å²) in [6, 6.07) is 8.80. The third-order valence-electron chi connectivity index (χ3n) is 2.43. The molecule has 0 aliphatic carbocycles. The number of nitrogens with one attached hydrogen (secondary N) is 1. The minimum absolute atomic E-state index is 0.108. The molecule has 21 heavy (non-hydrogen) atoms. The summed E-state index contributed by atoms with van der Waals surface area (Å²) in [5.41, 5.74) is 0.259. The van der Waals surface area contributed by atoms with Crippen LogP contribution in [0.2, 0.25) is 5.15 Å². The van der Waals surface area contributed by atoms with Crippen LogP contribution in [0, 0.1) is 10.1 Å². The molecule has 1 amide bonds. The molecule has 0 saturated carbocycles. The third kappa shape index (κ3) is 4.15. The molecule has 1 aromatic heterocycles. The zero-order valence-electron chi connectivity index (χ0n) is 10.7. The van der Waals surface area contributed by atoms with Crippen LogP contribution in [0.15, 0.2) is 42.6 Å². The van der Waals surface area contributed by atoms with Crippen LogP contribution in [0.25, 0.3) is 0 Å². The largest absolute Gasteiger partial charge is 0.484 e. The first-order valence-electron chi connectivity index (χ1n) is 5.84. The standard InChI is InChI=1S/C13H10ClN3O4/c14-13-11(5-2-6-15-13)16-12(18)8-21-10-4-1-3-9(7-10)17(19)20/h1-7H,8H2,(H,16,18). The van der Waals surface area contributed by atoms with Gasteiger partial charge in [0.05, 0.1) is 16.7 Å². The molecule has 2 aromatic rings. The fraction of sp³-hybridized carbons (Fsp3) is 0.0769. The number of ether oxygens (including phenoxy) is 1. The zero-order chi connectivity index (χ0) is 15.2. The molecule has 7 nitrogen and oxygen atoms in total. The minimum atomic E-state index is -0.539. The van der Waals surface area contributed by atoms with Crippen LogP contribution in [0.3, 0.4) is 0 Å². The predicted octanol–water partition coefficient (Wildman–Crippen LogP) is 2.66. The summed E-state index contributed by atoms with van der Waals surface area (Å²) >= 11 is 5.80. The van der Waals surface area contributed by atoms with Gasteiger partial charge in [-0.25, -0.2) is 4.98 Å². The summed E-state index contributed by atoms with van der Waals surface area (Å²) in [7, 11) is 0. The Labute approximate surface area is 124 Å². The Kier molecular flexibility index (Phi) is 4.68. The Hall–Kier alpha value is -2.67. The fourth-order valence-electron chi connectivity index (χ4n) is 1.50. The Morgan fingerprint density at radius 2 is 2.19 bits per heavy atom. The SMILES string of the molecule is O=C(COc1cccc([N+](=O)[O-])c1)Nc1cccnc1Cl. The Bertz CT molecular complexity index is 678. The Morgan fingerprint density at radius 1 is 1.38 bits per heavy atom. The average molecular weight is 308 g/mol. The van der Waals surface area contributed by atoms with Crippen molar-refractivity contribution in [2.45, 2.75) is 0 Å². The molecule has 0 bridgehead atoms. The first-order valence-corrected chi connectivity index (χ1v) is 6.21. The van der Waals surface area contributed by atoms with Gasteiger partial charge in [0.1, 0.15) is 5.75 Å². The monoisotopic (exact) mass is 307 g/mol. The number of benzene rings is 1. The second-order valence-electron chi connectivity index (χ2n) is 3.93. The van der Waals surface area contributed by atoms with Crippen molar-refractivity contribution in [3.05, 3.63) is 57.9 Å². The van der Waals surface area contributed by atoms with Crippen molar-refractivity contribution in [1.82, 2.24) is 4.98 Å². The van der Waals surface area contributed by atoms with Gasteiger partial charge in [0.2, 0.25) is 0 Å². The van der Waals surface area contributed by atoms with Gasteiger partial charge in [0.15, 0.2) is 11.8 Å². The van der Waals surface area contributed by atoms with Gasteiger partial charge >= 0.3 is 0 Å². The molecule has 0 fully saturated rings. The van der Waals surface area contributed by atoms with E-state index in [1.54, 1.807) is 12.1 Å². The number of aromatic nitrogens is 1. The normalized spacial score (nSPS) is 9.95. The predicted molar refractivity (Wildman–Crippen MR) is 76.5 cm³/mol. The first-order chi connectivity index (χ1) is 10.1. The van der Waals surface area contributed by atoms with Crippen LogP contribution in [0.1, 0.15) is 0 Å². The number of pyridine rings is 1. The number of nitro groups is 1. The first kappa shape index (κ1) is 14.7. The number of non-ortho nitro benzene ring substituents is 1. The van der Waals surface area contributed by atoms with Crippen molar-refractivity contribution in [3.8, 4) is 5.75 Å². The maximum absolute atomic E-state index is 11.7. The van der Waals surface area contributed by atoms with Gasteiger partial charge in [-0.1, -0.05) is 17.7 Å². The van der Waals surface area contributed by atoms with Crippen LogP contribution in [-0.4, -0.2) is 22.4 Å². The smallest absolute Gasteiger partial charge is 0.273 e. The highest BCUT2D eigenvalue weighted by Crippen LogP contribution is 2.20. The summed E-state index contributed by atoms with van der Waals surface area (Å²) < 4.78 is 5.19. The molecule has 0 spiro atoms. The number of nitrogens with zero attached hydrogens (tertiary/aromatic N) is 2. The van der Waals surface area contributed by atoms with Crippen LogP contribution < -0.4 is 10.1 Å². The quantitative estimate of drug-likeness (QED) is 0.520. The second kappa shape index (κ2) is 6.67. The molecule has 108 valence electrons. The van der Waals surface area contributed by atoms with Gasteiger partial charge in [0.25, 0.3) is 11.6 Å². The lowest BCUT2D eigenvalue weighted by Crippen LogP contribution is -2.20. The van der Waals surface area contributed by atoms with Crippen molar-refractivity contribution in [3.63, 3.8) is 0 Å². The molecule has 1 N–H and O–H groups in total. The molecule has 2 rings (SSSR count). The molecule has 1 heterocycles. The van der Waals surface area contributed by atoms with E-state index < -0.39 is 10.8 Å². The van der Waals surface area contributed by atoms with Gasteiger partial charge in [0, 0.05) is 12.3 Å². The molecule has 0 saturated heterocycles. The Morgan fingerprint density at radius 3 is 2.90 bits per heavy atom. The molecule has 8 heteroatoms. The van der Waals surface area contributed by atoms with E-state index in [2.05, 4.69) is 10.3 Å². The van der Waals surface area contributed by atoms with Gasteiger partial charge < -0.3 is 10.1 Å². The summed E-state index contributed by atoms with van der Waals surface area (Å²) in [6.45, 7) is -0.299. The summed E-state index contributed by atoms with van der Waals surface area (Å²) in [6.07, 6.45) is 1.50. The van der Waals surface area contributed by atoms with Gasteiger partial charge in [-0.2, -0.15) is 0 Å². The summed E-state index contributed by atoms with van der Waals surface area (Å²) in [5, 5.41) is 13.3. The van der Waals surface area contributed by atoms with E-state index in [0.29, 0.717) is 5.69 Å². The van der Waals surface area contributed by atoms with Crippen LogP contribution in [0.5, 0.6) is 5.75 Å². The van der Waals surface area contributed by atoms with Crippen molar-refractivity contribution < 1.29 is 14.5 Å². The average Bonchev–Trinajstić information content (AvgIpc) is 2.48. The van der Waals surface area contributed by atoms with E-state index in [0.717, 1.165) is 0 Å². The van der Waals surface area contributed by atoms with E-state index in [-0.39, 0.29) is 23.2 Å². The van der Waals surface area contributed by atoms with Gasteiger partial charge in [-0.05, 0) is 18.2 Å². The molecular weight excluding hydrogens is 298 g/mol. The van der Waals surface area contributed by atoms with E-state index in [9.17, 15) is 14.9 Å². The van der Waals surface area contributed by atoms with E-state index in [4.69, 9.17) is 16.3 Å². The molecule has 1 aromatic carbocycles.